The van der Waals surface area contributed by atoms with Gasteiger partial charge < -0.3 is 10.1 Å². The van der Waals surface area contributed by atoms with Crippen LogP contribution in [0.1, 0.15) is 42.1 Å². The Labute approximate surface area is 148 Å². The lowest BCUT2D eigenvalue weighted by Crippen LogP contribution is -2.24. The highest BCUT2D eigenvalue weighted by Gasteiger charge is 2.14. The normalized spacial score (nSPS) is 14.1. The molecule has 0 saturated carbocycles. The van der Waals surface area contributed by atoms with Crippen molar-refractivity contribution in [3.8, 4) is 5.75 Å². The second-order valence-electron chi connectivity index (χ2n) is 7.12. The van der Waals surface area contributed by atoms with E-state index in [0.29, 0.717) is 12.6 Å². The lowest BCUT2D eigenvalue weighted by molar-refractivity contribution is 0.303. The molecule has 1 N–H and O–H groups in total. The topological polar surface area (TPSA) is 39.1 Å². The maximum Gasteiger partial charge on any atom is 0.123 e. The molecule has 0 amide bonds. The fourth-order valence-electron chi connectivity index (χ4n) is 3.66. The minimum Gasteiger partial charge on any atom is -0.489 e. The Morgan fingerprint density at radius 2 is 2.12 bits per heavy atom. The van der Waals surface area contributed by atoms with Crippen molar-refractivity contribution < 1.29 is 4.74 Å². The molecular formula is C21H25N3O. The van der Waals surface area contributed by atoms with Crippen LogP contribution in [0.2, 0.25) is 0 Å². The molecule has 130 valence electrons. The first-order valence-electron chi connectivity index (χ1n) is 9.04. The average Bonchev–Trinajstić information content (AvgIpc) is 3.05. The number of hydrogen-bond acceptors (Lipinski definition) is 3. The van der Waals surface area contributed by atoms with Crippen molar-refractivity contribution in [3.63, 3.8) is 0 Å². The molecule has 4 heteroatoms. The zero-order valence-electron chi connectivity index (χ0n) is 15.2. The Kier molecular flexibility index (Phi) is 4.22. The van der Waals surface area contributed by atoms with Crippen molar-refractivity contribution in [1.82, 2.24) is 15.1 Å². The molecule has 1 aromatic heterocycles. The lowest BCUT2D eigenvalue weighted by atomic mass is 9.95. The van der Waals surface area contributed by atoms with E-state index in [9.17, 15) is 0 Å². The fraction of sp³-hybridized carbons (Fsp3) is 0.381. The van der Waals surface area contributed by atoms with Crippen molar-refractivity contribution in [2.45, 2.75) is 46.4 Å². The zero-order valence-corrected chi connectivity index (χ0v) is 15.2. The average molecular weight is 335 g/mol. The molecule has 1 aliphatic rings. The van der Waals surface area contributed by atoms with Gasteiger partial charge in [0.1, 0.15) is 12.4 Å². The first kappa shape index (κ1) is 16.2. The molecule has 0 radical (unpaired) electrons. The van der Waals surface area contributed by atoms with E-state index >= 15 is 0 Å². The Bertz CT molecular complexity index is 911. The van der Waals surface area contributed by atoms with E-state index in [-0.39, 0.29) is 0 Å². The van der Waals surface area contributed by atoms with E-state index in [2.05, 4.69) is 66.2 Å². The number of benzene rings is 2. The van der Waals surface area contributed by atoms with Crippen LogP contribution in [0.3, 0.4) is 0 Å². The summed E-state index contributed by atoms with van der Waals surface area (Å²) < 4.78 is 8.20. The van der Waals surface area contributed by atoms with Crippen LogP contribution in [0.4, 0.5) is 0 Å². The van der Waals surface area contributed by atoms with Gasteiger partial charge in [0, 0.05) is 18.0 Å². The van der Waals surface area contributed by atoms with Crippen molar-refractivity contribution in [2.24, 2.45) is 0 Å². The Morgan fingerprint density at radius 1 is 1.24 bits per heavy atom. The summed E-state index contributed by atoms with van der Waals surface area (Å²) in [6.07, 6.45) is 3.02. The fourth-order valence-corrected chi connectivity index (χ4v) is 3.66. The molecule has 4 nitrogen and oxygen atoms in total. The molecule has 0 spiro atoms. The summed E-state index contributed by atoms with van der Waals surface area (Å²) in [5.41, 5.74) is 6.49. The predicted octanol–water partition coefficient (Wildman–Crippen LogP) is 4.15. The smallest absolute Gasteiger partial charge is 0.123 e. The minimum absolute atomic E-state index is 0.368. The molecule has 0 saturated heterocycles. The number of fused-ring (bicyclic) bond motifs is 2. The third kappa shape index (κ3) is 3.02. The van der Waals surface area contributed by atoms with Gasteiger partial charge >= 0.3 is 0 Å². The number of rotatable bonds is 4. The van der Waals surface area contributed by atoms with Gasteiger partial charge in [-0.25, -0.2) is 0 Å². The van der Waals surface area contributed by atoms with Crippen molar-refractivity contribution in [1.29, 1.82) is 0 Å². The predicted molar refractivity (Wildman–Crippen MR) is 101 cm³/mol. The SMILES string of the molecule is Cc1c(OCc2ccc3c(cnn3C(C)C)c2)ccc2c1CCNC2. The Hall–Kier alpha value is -2.33. The highest BCUT2D eigenvalue weighted by Crippen LogP contribution is 2.28. The van der Waals surface area contributed by atoms with Gasteiger partial charge in [0.05, 0.1) is 11.7 Å². The largest absolute Gasteiger partial charge is 0.489 e. The highest BCUT2D eigenvalue weighted by molar-refractivity contribution is 5.79. The number of aromatic nitrogens is 2. The summed E-state index contributed by atoms with van der Waals surface area (Å²) in [6.45, 7) is 9.08. The van der Waals surface area contributed by atoms with Crippen molar-refractivity contribution >= 4 is 10.9 Å². The molecule has 4 rings (SSSR count). The maximum absolute atomic E-state index is 6.14. The van der Waals surface area contributed by atoms with Crippen LogP contribution >= 0.6 is 0 Å². The quantitative estimate of drug-likeness (QED) is 0.778. The van der Waals surface area contributed by atoms with E-state index < -0.39 is 0 Å². The van der Waals surface area contributed by atoms with Crippen LogP contribution < -0.4 is 10.1 Å². The van der Waals surface area contributed by atoms with Crippen LogP contribution in [0.25, 0.3) is 10.9 Å². The highest BCUT2D eigenvalue weighted by atomic mass is 16.5. The van der Waals surface area contributed by atoms with Crippen LogP contribution in [0, 0.1) is 6.92 Å². The maximum atomic E-state index is 6.14. The summed E-state index contributed by atoms with van der Waals surface area (Å²) in [5, 5.41) is 9.08. The minimum atomic E-state index is 0.368. The molecule has 3 aromatic rings. The molecular weight excluding hydrogens is 310 g/mol. The van der Waals surface area contributed by atoms with E-state index in [4.69, 9.17) is 4.74 Å². The van der Waals surface area contributed by atoms with E-state index in [0.717, 1.165) is 25.3 Å². The molecule has 0 atom stereocenters. The molecule has 0 aliphatic carbocycles. The van der Waals surface area contributed by atoms with Gasteiger partial charge in [-0.05, 0) is 74.2 Å². The first-order valence-corrected chi connectivity index (χ1v) is 9.04. The van der Waals surface area contributed by atoms with Crippen LogP contribution in [-0.2, 0) is 19.6 Å². The first-order chi connectivity index (χ1) is 12.1. The van der Waals surface area contributed by atoms with Crippen LogP contribution in [-0.4, -0.2) is 16.3 Å². The number of nitrogens with one attached hydrogen (secondary N) is 1. The van der Waals surface area contributed by atoms with Gasteiger partial charge in [-0.2, -0.15) is 5.10 Å². The van der Waals surface area contributed by atoms with E-state index in [1.807, 2.05) is 6.20 Å². The van der Waals surface area contributed by atoms with Gasteiger partial charge in [-0.3, -0.25) is 4.68 Å². The number of hydrogen-bond donors (Lipinski definition) is 1. The second kappa shape index (κ2) is 6.52. The Balaban J connectivity index is 1.54. The van der Waals surface area contributed by atoms with E-state index in [1.54, 1.807) is 0 Å². The molecule has 0 fully saturated rings. The van der Waals surface area contributed by atoms with Gasteiger partial charge in [-0.1, -0.05) is 12.1 Å². The standard InChI is InChI=1S/C21H25N3O/c1-14(2)24-20-6-4-16(10-18(20)12-23-24)13-25-21-7-5-17-11-22-9-8-19(17)15(21)3/h4-7,10,12,14,22H,8-9,11,13H2,1-3H3. The molecule has 0 unspecified atom stereocenters. The summed E-state index contributed by atoms with van der Waals surface area (Å²) >= 11 is 0. The molecule has 1 aliphatic heterocycles. The third-order valence-electron chi connectivity index (χ3n) is 5.06. The lowest BCUT2D eigenvalue weighted by Gasteiger charge is -2.21. The second-order valence-corrected chi connectivity index (χ2v) is 7.12. The summed E-state index contributed by atoms with van der Waals surface area (Å²) in [5.74, 6) is 0.999. The van der Waals surface area contributed by atoms with E-state index in [1.165, 1.54) is 33.2 Å². The zero-order chi connectivity index (χ0) is 17.4. The summed E-state index contributed by atoms with van der Waals surface area (Å²) in [7, 11) is 0. The molecule has 25 heavy (non-hydrogen) atoms. The van der Waals surface area contributed by atoms with Gasteiger partial charge in [0.25, 0.3) is 0 Å². The van der Waals surface area contributed by atoms with Crippen molar-refractivity contribution in [3.05, 3.63) is 58.8 Å². The molecule has 0 bridgehead atoms. The van der Waals surface area contributed by atoms with Crippen LogP contribution in [0.5, 0.6) is 5.75 Å². The monoisotopic (exact) mass is 335 g/mol. The number of nitrogens with zero attached hydrogens (tertiary/aromatic N) is 2. The Morgan fingerprint density at radius 3 is 2.96 bits per heavy atom. The molecule has 2 aromatic carbocycles. The summed E-state index contributed by atoms with van der Waals surface area (Å²) in [4.78, 5) is 0. The third-order valence-corrected chi connectivity index (χ3v) is 5.06. The van der Waals surface area contributed by atoms with Gasteiger partial charge in [0.2, 0.25) is 0 Å². The van der Waals surface area contributed by atoms with Gasteiger partial charge in [0.15, 0.2) is 0 Å². The number of ether oxygens (including phenoxy) is 1. The van der Waals surface area contributed by atoms with Gasteiger partial charge in [-0.15, -0.1) is 0 Å². The van der Waals surface area contributed by atoms with Crippen molar-refractivity contribution in [2.75, 3.05) is 6.54 Å². The summed E-state index contributed by atoms with van der Waals surface area (Å²) in [6, 6.07) is 11.1. The molecule has 2 heterocycles. The van der Waals surface area contributed by atoms with Crippen LogP contribution in [0.15, 0.2) is 36.5 Å².